The zero-order valence-corrected chi connectivity index (χ0v) is 12.0. The molecule has 0 aliphatic rings. The first-order valence-electron chi connectivity index (χ1n) is 6.78. The van der Waals surface area contributed by atoms with Crippen molar-refractivity contribution in [2.45, 2.75) is 13.0 Å². The Hall–Kier alpha value is -2.34. The molecule has 6 nitrogen and oxygen atoms in total. The SMILES string of the molecule is COCCCNc1cncc(C(=O)NCc2ccco2)c1. The highest BCUT2D eigenvalue weighted by Gasteiger charge is 2.07. The minimum absolute atomic E-state index is 0.181. The molecule has 0 unspecified atom stereocenters. The smallest absolute Gasteiger partial charge is 0.253 e. The predicted octanol–water partition coefficient (Wildman–Crippen LogP) is 2.05. The first-order valence-corrected chi connectivity index (χ1v) is 6.78. The Labute approximate surface area is 123 Å². The van der Waals surface area contributed by atoms with E-state index in [1.807, 2.05) is 6.07 Å². The fraction of sp³-hybridized carbons (Fsp3) is 0.333. The number of amides is 1. The van der Waals surface area contributed by atoms with Crippen LogP contribution in [-0.4, -0.2) is 31.2 Å². The molecule has 0 radical (unpaired) electrons. The molecule has 21 heavy (non-hydrogen) atoms. The van der Waals surface area contributed by atoms with E-state index in [2.05, 4.69) is 15.6 Å². The minimum atomic E-state index is -0.181. The molecule has 0 fully saturated rings. The topological polar surface area (TPSA) is 76.4 Å². The third-order valence-electron chi connectivity index (χ3n) is 2.86. The van der Waals surface area contributed by atoms with Crippen molar-refractivity contribution in [2.75, 3.05) is 25.6 Å². The monoisotopic (exact) mass is 289 g/mol. The predicted molar refractivity (Wildman–Crippen MR) is 79.1 cm³/mol. The highest BCUT2D eigenvalue weighted by atomic mass is 16.5. The second kappa shape index (κ2) is 8.06. The second-order valence-electron chi connectivity index (χ2n) is 4.50. The van der Waals surface area contributed by atoms with Gasteiger partial charge in [0.1, 0.15) is 5.76 Å². The van der Waals surface area contributed by atoms with E-state index < -0.39 is 0 Å². The quantitative estimate of drug-likeness (QED) is 0.727. The van der Waals surface area contributed by atoms with Gasteiger partial charge in [0.15, 0.2) is 0 Å². The zero-order chi connectivity index (χ0) is 14.9. The molecular formula is C15H19N3O3. The van der Waals surface area contributed by atoms with Crippen LogP contribution in [0.1, 0.15) is 22.5 Å². The number of anilines is 1. The summed E-state index contributed by atoms with van der Waals surface area (Å²) in [7, 11) is 1.67. The summed E-state index contributed by atoms with van der Waals surface area (Å²) >= 11 is 0. The first kappa shape index (κ1) is 15.1. The van der Waals surface area contributed by atoms with Crippen molar-refractivity contribution in [3.05, 3.63) is 48.2 Å². The van der Waals surface area contributed by atoms with E-state index in [0.717, 1.165) is 18.7 Å². The molecule has 0 saturated heterocycles. The second-order valence-corrected chi connectivity index (χ2v) is 4.50. The Morgan fingerprint density at radius 1 is 1.43 bits per heavy atom. The highest BCUT2D eigenvalue weighted by Crippen LogP contribution is 2.09. The maximum Gasteiger partial charge on any atom is 0.253 e. The molecule has 2 rings (SSSR count). The van der Waals surface area contributed by atoms with Gasteiger partial charge in [-0.1, -0.05) is 0 Å². The summed E-state index contributed by atoms with van der Waals surface area (Å²) in [4.78, 5) is 16.1. The zero-order valence-electron chi connectivity index (χ0n) is 12.0. The number of rotatable bonds is 8. The van der Waals surface area contributed by atoms with Crippen molar-refractivity contribution in [3.63, 3.8) is 0 Å². The molecule has 0 spiro atoms. The van der Waals surface area contributed by atoms with Gasteiger partial charge in [-0.2, -0.15) is 0 Å². The highest BCUT2D eigenvalue weighted by molar-refractivity contribution is 5.94. The number of methoxy groups -OCH3 is 1. The summed E-state index contributed by atoms with van der Waals surface area (Å²) in [5.74, 6) is 0.532. The van der Waals surface area contributed by atoms with Gasteiger partial charge in [-0.3, -0.25) is 9.78 Å². The number of hydrogen-bond donors (Lipinski definition) is 2. The number of hydrogen-bond acceptors (Lipinski definition) is 5. The number of carbonyl (C=O) groups excluding carboxylic acids is 1. The van der Waals surface area contributed by atoms with Gasteiger partial charge >= 0.3 is 0 Å². The normalized spacial score (nSPS) is 10.3. The molecule has 0 aliphatic carbocycles. The Balaban J connectivity index is 1.85. The maximum absolute atomic E-state index is 12.0. The lowest BCUT2D eigenvalue weighted by molar-refractivity contribution is 0.0947. The molecule has 0 bridgehead atoms. The number of ether oxygens (including phenoxy) is 1. The largest absolute Gasteiger partial charge is 0.467 e. The van der Waals surface area contributed by atoms with Gasteiger partial charge in [0, 0.05) is 32.7 Å². The number of carbonyl (C=O) groups is 1. The van der Waals surface area contributed by atoms with Crippen LogP contribution in [0.2, 0.25) is 0 Å². The van der Waals surface area contributed by atoms with Crippen molar-refractivity contribution < 1.29 is 13.9 Å². The molecule has 0 aromatic carbocycles. The molecule has 0 aliphatic heterocycles. The van der Waals surface area contributed by atoms with Crippen LogP contribution < -0.4 is 10.6 Å². The number of nitrogens with one attached hydrogen (secondary N) is 2. The summed E-state index contributed by atoms with van der Waals surface area (Å²) in [6, 6.07) is 5.37. The lowest BCUT2D eigenvalue weighted by Gasteiger charge is -2.08. The van der Waals surface area contributed by atoms with Crippen molar-refractivity contribution in [1.29, 1.82) is 0 Å². The Kier molecular flexibility index (Phi) is 5.78. The summed E-state index contributed by atoms with van der Waals surface area (Å²) in [5, 5.41) is 5.99. The Morgan fingerprint density at radius 2 is 2.33 bits per heavy atom. The Bertz CT molecular complexity index is 555. The molecular weight excluding hydrogens is 270 g/mol. The third kappa shape index (κ3) is 4.92. The van der Waals surface area contributed by atoms with Gasteiger partial charge in [-0.25, -0.2) is 0 Å². The van der Waals surface area contributed by atoms with Gasteiger partial charge < -0.3 is 19.8 Å². The summed E-state index contributed by atoms with van der Waals surface area (Å²) in [5.41, 5.74) is 1.33. The number of pyridine rings is 1. The van der Waals surface area contributed by atoms with E-state index in [4.69, 9.17) is 9.15 Å². The van der Waals surface area contributed by atoms with E-state index >= 15 is 0 Å². The average molecular weight is 289 g/mol. The van der Waals surface area contributed by atoms with Gasteiger partial charge in [0.05, 0.1) is 24.1 Å². The number of aromatic nitrogens is 1. The molecule has 2 aromatic rings. The molecule has 2 N–H and O–H groups in total. The van der Waals surface area contributed by atoms with Crippen LogP contribution >= 0.6 is 0 Å². The lowest BCUT2D eigenvalue weighted by atomic mass is 10.2. The Morgan fingerprint density at radius 3 is 3.10 bits per heavy atom. The van der Waals surface area contributed by atoms with Gasteiger partial charge in [0.25, 0.3) is 5.91 Å². The van der Waals surface area contributed by atoms with Crippen LogP contribution in [0, 0.1) is 0 Å². The molecule has 112 valence electrons. The van der Waals surface area contributed by atoms with Crippen LogP contribution in [0.15, 0.2) is 41.3 Å². The molecule has 2 aromatic heterocycles. The fourth-order valence-corrected chi connectivity index (χ4v) is 1.79. The van der Waals surface area contributed by atoms with Gasteiger partial charge in [-0.15, -0.1) is 0 Å². The fourth-order valence-electron chi connectivity index (χ4n) is 1.79. The van der Waals surface area contributed by atoms with Crippen molar-refractivity contribution in [1.82, 2.24) is 10.3 Å². The summed E-state index contributed by atoms with van der Waals surface area (Å²) in [6.07, 6.45) is 5.70. The molecule has 0 atom stereocenters. The van der Waals surface area contributed by atoms with E-state index in [-0.39, 0.29) is 5.91 Å². The van der Waals surface area contributed by atoms with E-state index in [9.17, 15) is 4.79 Å². The van der Waals surface area contributed by atoms with Crippen LogP contribution in [0.3, 0.4) is 0 Å². The maximum atomic E-state index is 12.0. The summed E-state index contributed by atoms with van der Waals surface area (Å²) in [6.45, 7) is 1.83. The molecule has 6 heteroatoms. The standard InChI is InChI=1S/C15H19N3O3/c1-20-6-3-5-17-13-8-12(9-16-10-13)15(19)18-11-14-4-2-7-21-14/h2,4,7-10,17H,3,5-6,11H2,1H3,(H,18,19). The number of furan rings is 1. The van der Waals surface area contributed by atoms with Gasteiger partial charge in [0.2, 0.25) is 0 Å². The van der Waals surface area contributed by atoms with E-state index in [1.165, 1.54) is 6.20 Å². The van der Waals surface area contributed by atoms with Crippen molar-refractivity contribution in [3.8, 4) is 0 Å². The van der Waals surface area contributed by atoms with Crippen molar-refractivity contribution in [2.24, 2.45) is 0 Å². The third-order valence-corrected chi connectivity index (χ3v) is 2.86. The van der Waals surface area contributed by atoms with Crippen LogP contribution in [0.25, 0.3) is 0 Å². The minimum Gasteiger partial charge on any atom is -0.467 e. The van der Waals surface area contributed by atoms with E-state index in [1.54, 1.807) is 31.7 Å². The van der Waals surface area contributed by atoms with Gasteiger partial charge in [-0.05, 0) is 24.6 Å². The van der Waals surface area contributed by atoms with Crippen molar-refractivity contribution >= 4 is 11.6 Å². The number of nitrogens with zero attached hydrogens (tertiary/aromatic N) is 1. The first-order chi connectivity index (χ1) is 10.3. The van der Waals surface area contributed by atoms with Crippen LogP contribution in [-0.2, 0) is 11.3 Å². The van der Waals surface area contributed by atoms with E-state index in [0.29, 0.717) is 24.5 Å². The molecule has 2 heterocycles. The molecule has 1 amide bonds. The molecule has 0 saturated carbocycles. The van der Waals surface area contributed by atoms with Crippen LogP contribution in [0.4, 0.5) is 5.69 Å². The van der Waals surface area contributed by atoms with Crippen LogP contribution in [0.5, 0.6) is 0 Å². The lowest BCUT2D eigenvalue weighted by Crippen LogP contribution is -2.22. The summed E-state index contributed by atoms with van der Waals surface area (Å²) < 4.78 is 10.1. The average Bonchev–Trinajstić information content (AvgIpc) is 3.03.